The minimum absolute atomic E-state index is 0.0373. The first kappa shape index (κ1) is 18.2. The SMILES string of the molecule is O=C(O)CCC(CP(=O)(CO)CNc1ccccc1)C(=O)O. The van der Waals surface area contributed by atoms with E-state index in [4.69, 9.17) is 10.2 Å². The molecule has 0 saturated heterocycles. The number of anilines is 1. The molecule has 7 nitrogen and oxygen atoms in total. The highest BCUT2D eigenvalue weighted by molar-refractivity contribution is 7.63. The van der Waals surface area contributed by atoms with Crippen LogP contribution in [0.1, 0.15) is 12.8 Å². The van der Waals surface area contributed by atoms with Crippen LogP contribution in [-0.4, -0.2) is 46.1 Å². The van der Waals surface area contributed by atoms with Crippen molar-refractivity contribution in [3.63, 3.8) is 0 Å². The number of hydrogen-bond donors (Lipinski definition) is 4. The molecule has 22 heavy (non-hydrogen) atoms. The fourth-order valence-electron chi connectivity index (χ4n) is 1.96. The first-order valence-electron chi connectivity index (χ1n) is 6.78. The van der Waals surface area contributed by atoms with E-state index in [0.717, 1.165) is 0 Å². The predicted molar refractivity (Wildman–Crippen MR) is 82.5 cm³/mol. The molecular weight excluding hydrogens is 309 g/mol. The van der Waals surface area contributed by atoms with Crippen LogP contribution in [0.5, 0.6) is 0 Å². The number of aliphatic carboxylic acids is 2. The van der Waals surface area contributed by atoms with E-state index in [9.17, 15) is 19.3 Å². The molecule has 0 saturated carbocycles. The molecule has 1 aromatic rings. The van der Waals surface area contributed by atoms with Crippen molar-refractivity contribution in [2.24, 2.45) is 5.92 Å². The van der Waals surface area contributed by atoms with Crippen molar-refractivity contribution in [3.8, 4) is 0 Å². The summed E-state index contributed by atoms with van der Waals surface area (Å²) in [6.07, 6.45) is -1.31. The molecule has 2 unspecified atom stereocenters. The van der Waals surface area contributed by atoms with Crippen LogP contribution in [0.4, 0.5) is 5.69 Å². The fraction of sp³-hybridized carbons (Fsp3) is 0.429. The summed E-state index contributed by atoms with van der Waals surface area (Å²) in [4.78, 5) is 21.7. The number of carboxylic acid groups (broad SMARTS) is 2. The Morgan fingerprint density at radius 2 is 1.82 bits per heavy atom. The van der Waals surface area contributed by atoms with Gasteiger partial charge in [-0.1, -0.05) is 18.2 Å². The zero-order chi connectivity index (χ0) is 16.6. The van der Waals surface area contributed by atoms with E-state index >= 15 is 0 Å². The minimum atomic E-state index is -3.16. The molecule has 2 atom stereocenters. The average Bonchev–Trinajstić information content (AvgIpc) is 2.50. The van der Waals surface area contributed by atoms with Crippen LogP contribution in [0.25, 0.3) is 0 Å². The Morgan fingerprint density at radius 3 is 2.32 bits per heavy atom. The molecule has 4 N–H and O–H groups in total. The molecule has 0 spiro atoms. The third-order valence-corrected chi connectivity index (χ3v) is 5.57. The molecule has 0 amide bonds. The summed E-state index contributed by atoms with van der Waals surface area (Å²) in [6, 6.07) is 8.93. The van der Waals surface area contributed by atoms with Gasteiger partial charge in [-0.2, -0.15) is 0 Å². The van der Waals surface area contributed by atoms with Crippen LogP contribution >= 0.6 is 7.14 Å². The Balaban J connectivity index is 2.67. The largest absolute Gasteiger partial charge is 0.481 e. The van der Waals surface area contributed by atoms with Gasteiger partial charge in [0.05, 0.1) is 18.6 Å². The molecule has 0 aliphatic carbocycles. The van der Waals surface area contributed by atoms with E-state index in [-0.39, 0.29) is 25.3 Å². The van der Waals surface area contributed by atoms with E-state index in [1.54, 1.807) is 24.3 Å². The van der Waals surface area contributed by atoms with E-state index in [1.807, 2.05) is 6.07 Å². The molecule has 1 rings (SSSR count). The first-order valence-corrected chi connectivity index (χ1v) is 9.04. The highest BCUT2D eigenvalue weighted by Gasteiger charge is 2.30. The fourth-order valence-corrected chi connectivity index (χ4v) is 3.91. The van der Waals surface area contributed by atoms with Gasteiger partial charge in [0.2, 0.25) is 0 Å². The van der Waals surface area contributed by atoms with Crippen molar-refractivity contribution in [3.05, 3.63) is 30.3 Å². The van der Waals surface area contributed by atoms with Crippen molar-refractivity contribution in [2.45, 2.75) is 12.8 Å². The number of hydrogen-bond acceptors (Lipinski definition) is 5. The average molecular weight is 329 g/mol. The zero-order valence-electron chi connectivity index (χ0n) is 12.0. The Labute approximate surface area is 128 Å². The molecular formula is C14H20NO6P. The lowest BCUT2D eigenvalue weighted by atomic mass is 10.1. The quantitative estimate of drug-likeness (QED) is 0.483. The van der Waals surface area contributed by atoms with E-state index in [0.29, 0.717) is 5.69 Å². The van der Waals surface area contributed by atoms with Crippen LogP contribution in [0.15, 0.2) is 30.3 Å². The molecule has 1 aromatic carbocycles. The molecule has 0 aliphatic heterocycles. The normalized spacial score (nSPS) is 14.8. The molecule has 0 fully saturated rings. The zero-order valence-corrected chi connectivity index (χ0v) is 12.9. The van der Waals surface area contributed by atoms with Gasteiger partial charge in [0.1, 0.15) is 7.14 Å². The monoisotopic (exact) mass is 329 g/mol. The summed E-state index contributed by atoms with van der Waals surface area (Å²) in [7, 11) is -3.16. The standard InChI is InChI=1S/C14H20NO6P/c16-10-22(21,9-15-12-4-2-1-3-5-12)8-11(14(19)20)6-7-13(17)18/h1-5,11,15-16H,6-10H2,(H,17,18)(H,19,20). The van der Waals surface area contributed by atoms with Crippen LogP contribution < -0.4 is 5.32 Å². The first-order chi connectivity index (χ1) is 10.4. The van der Waals surface area contributed by atoms with Gasteiger partial charge in [0.15, 0.2) is 0 Å². The summed E-state index contributed by atoms with van der Waals surface area (Å²) in [5.41, 5.74) is 0.716. The van der Waals surface area contributed by atoms with Crippen LogP contribution in [0.2, 0.25) is 0 Å². The van der Waals surface area contributed by atoms with Crippen LogP contribution in [-0.2, 0) is 14.2 Å². The minimum Gasteiger partial charge on any atom is -0.481 e. The van der Waals surface area contributed by atoms with Crippen molar-refractivity contribution >= 4 is 24.8 Å². The maximum atomic E-state index is 12.6. The lowest BCUT2D eigenvalue weighted by Crippen LogP contribution is -2.22. The number of carbonyl (C=O) groups is 2. The molecule has 8 heteroatoms. The summed E-state index contributed by atoms with van der Waals surface area (Å²) in [6.45, 7) is 0. The van der Waals surface area contributed by atoms with Crippen molar-refractivity contribution in [1.29, 1.82) is 0 Å². The van der Waals surface area contributed by atoms with Gasteiger partial charge < -0.3 is 25.2 Å². The number of carboxylic acids is 2. The smallest absolute Gasteiger partial charge is 0.306 e. The number of para-hydroxylation sites is 1. The second-order valence-corrected chi connectivity index (χ2v) is 8.13. The maximum absolute atomic E-state index is 12.6. The predicted octanol–water partition coefficient (Wildman–Crippen LogP) is 1.93. The van der Waals surface area contributed by atoms with Crippen molar-refractivity contribution < 1.29 is 29.5 Å². The molecule has 122 valence electrons. The van der Waals surface area contributed by atoms with Crippen molar-refractivity contribution in [2.75, 3.05) is 24.1 Å². The summed E-state index contributed by atoms with van der Waals surface area (Å²) in [5, 5.41) is 30.0. The van der Waals surface area contributed by atoms with E-state index in [1.165, 1.54) is 0 Å². The number of aliphatic hydroxyl groups excluding tert-OH is 1. The van der Waals surface area contributed by atoms with Gasteiger partial charge in [-0.05, 0) is 18.6 Å². The Bertz CT molecular complexity index is 548. The topological polar surface area (TPSA) is 124 Å². The van der Waals surface area contributed by atoms with Gasteiger partial charge >= 0.3 is 11.9 Å². The summed E-state index contributed by atoms with van der Waals surface area (Å²) in [5.74, 6) is -3.35. The number of nitrogens with one attached hydrogen (secondary N) is 1. The molecule has 0 aromatic heterocycles. The Hall–Kier alpha value is -1.85. The number of aliphatic hydroxyl groups is 1. The van der Waals surface area contributed by atoms with Gasteiger partial charge in [-0.25, -0.2) is 0 Å². The summed E-state index contributed by atoms with van der Waals surface area (Å²) >= 11 is 0. The molecule has 0 bridgehead atoms. The third-order valence-electron chi connectivity index (χ3n) is 3.21. The van der Waals surface area contributed by atoms with E-state index < -0.39 is 31.3 Å². The molecule has 0 heterocycles. The summed E-state index contributed by atoms with van der Waals surface area (Å²) < 4.78 is 12.6. The lowest BCUT2D eigenvalue weighted by molar-refractivity contribution is -0.142. The number of benzene rings is 1. The third kappa shape index (κ3) is 6.28. The highest BCUT2D eigenvalue weighted by atomic mass is 31.2. The van der Waals surface area contributed by atoms with Gasteiger partial charge in [0.25, 0.3) is 0 Å². The maximum Gasteiger partial charge on any atom is 0.306 e. The van der Waals surface area contributed by atoms with E-state index in [2.05, 4.69) is 5.32 Å². The van der Waals surface area contributed by atoms with Gasteiger partial charge in [0, 0.05) is 18.3 Å². The van der Waals surface area contributed by atoms with Gasteiger partial charge in [-0.3, -0.25) is 9.59 Å². The Kier molecular flexibility index (Phi) is 7.08. The van der Waals surface area contributed by atoms with Crippen molar-refractivity contribution in [1.82, 2.24) is 0 Å². The number of rotatable bonds is 10. The second kappa shape index (κ2) is 8.56. The molecule has 0 radical (unpaired) electrons. The Morgan fingerprint density at radius 1 is 1.18 bits per heavy atom. The van der Waals surface area contributed by atoms with Crippen LogP contribution in [0.3, 0.4) is 0 Å². The highest BCUT2D eigenvalue weighted by Crippen LogP contribution is 2.46. The molecule has 0 aliphatic rings. The lowest BCUT2D eigenvalue weighted by Gasteiger charge is -2.21. The second-order valence-electron chi connectivity index (χ2n) is 5.05. The van der Waals surface area contributed by atoms with Crippen LogP contribution in [0, 0.1) is 5.92 Å². The van der Waals surface area contributed by atoms with Gasteiger partial charge in [-0.15, -0.1) is 0 Å².